The van der Waals surface area contributed by atoms with Crippen molar-refractivity contribution in [2.45, 2.75) is 19.6 Å². The van der Waals surface area contributed by atoms with E-state index in [9.17, 15) is 28.0 Å². The van der Waals surface area contributed by atoms with Crippen LogP contribution < -0.4 is 10.1 Å². The van der Waals surface area contributed by atoms with E-state index in [0.29, 0.717) is 23.4 Å². The number of esters is 2. The Bertz CT molecular complexity index is 1330. The van der Waals surface area contributed by atoms with Crippen molar-refractivity contribution < 1.29 is 42.2 Å². The van der Waals surface area contributed by atoms with Gasteiger partial charge in [-0.2, -0.15) is 0 Å². The Balaban J connectivity index is 1.84. The van der Waals surface area contributed by atoms with Crippen molar-refractivity contribution >= 4 is 34.9 Å². The first-order valence-corrected chi connectivity index (χ1v) is 12.2. The summed E-state index contributed by atoms with van der Waals surface area (Å²) in [6.45, 7) is 1.13. The lowest BCUT2D eigenvalue weighted by Gasteiger charge is -2.15. The third-order valence-corrected chi connectivity index (χ3v) is 5.90. The number of carbonyl (C=O) groups is 4. The Kier molecular flexibility index (Phi) is 9.94. The molecule has 1 N–H and O–H groups in total. The molecule has 198 valence electrons. The summed E-state index contributed by atoms with van der Waals surface area (Å²) in [6, 6.07) is 14.7. The molecule has 0 aliphatic rings. The summed E-state index contributed by atoms with van der Waals surface area (Å²) in [5, 5.41) is 1.48. The summed E-state index contributed by atoms with van der Waals surface area (Å²) in [5.74, 6) is -4.09. The molecule has 3 aromatic rings. The fourth-order valence-corrected chi connectivity index (χ4v) is 3.97. The van der Waals surface area contributed by atoms with Gasteiger partial charge in [0.1, 0.15) is 35.6 Å². The molecular formula is C27H23F2NO7S. The van der Waals surface area contributed by atoms with E-state index < -0.39 is 40.8 Å². The maximum atomic E-state index is 14.4. The molecule has 3 aromatic carbocycles. The van der Waals surface area contributed by atoms with E-state index in [4.69, 9.17) is 9.47 Å². The maximum absolute atomic E-state index is 14.4. The van der Waals surface area contributed by atoms with Crippen LogP contribution in [0, 0.1) is 11.6 Å². The van der Waals surface area contributed by atoms with Gasteiger partial charge in [0.05, 0.1) is 7.11 Å². The third-order valence-electron chi connectivity index (χ3n) is 5.08. The first-order valence-electron chi connectivity index (χ1n) is 11.2. The predicted octanol–water partition coefficient (Wildman–Crippen LogP) is 4.90. The Morgan fingerprint density at radius 3 is 2.37 bits per heavy atom. The molecule has 0 unspecified atom stereocenters. The highest BCUT2D eigenvalue weighted by Gasteiger charge is 2.24. The minimum Gasteiger partial charge on any atom is -0.467 e. The van der Waals surface area contributed by atoms with Gasteiger partial charge in [-0.3, -0.25) is 4.79 Å². The number of thioether (sulfide) groups is 1. The van der Waals surface area contributed by atoms with E-state index in [1.165, 1.54) is 31.2 Å². The number of nitrogens with one attached hydrogen (secondary N) is 1. The average molecular weight is 544 g/mol. The van der Waals surface area contributed by atoms with Gasteiger partial charge in [0.15, 0.2) is 0 Å². The van der Waals surface area contributed by atoms with Gasteiger partial charge < -0.3 is 19.5 Å². The Hall–Kier alpha value is -4.25. The molecule has 0 fully saturated rings. The van der Waals surface area contributed by atoms with Crippen molar-refractivity contribution in [1.82, 2.24) is 5.32 Å². The van der Waals surface area contributed by atoms with Crippen LogP contribution in [0.3, 0.4) is 0 Å². The molecule has 0 aliphatic heterocycles. The highest BCUT2D eigenvalue weighted by molar-refractivity contribution is 8.13. The van der Waals surface area contributed by atoms with Crippen LogP contribution in [0.4, 0.5) is 13.6 Å². The number of hydrogen-bond acceptors (Lipinski definition) is 8. The summed E-state index contributed by atoms with van der Waals surface area (Å²) < 4.78 is 43.1. The van der Waals surface area contributed by atoms with E-state index in [0.717, 1.165) is 13.2 Å². The highest BCUT2D eigenvalue weighted by atomic mass is 32.2. The van der Waals surface area contributed by atoms with Gasteiger partial charge in [0.2, 0.25) is 5.91 Å². The summed E-state index contributed by atoms with van der Waals surface area (Å²) in [6.07, 6.45) is 0. The molecule has 1 amide bonds. The smallest absolute Gasteiger partial charge is 0.372 e. The minimum absolute atomic E-state index is 0.0204. The molecule has 0 saturated carbocycles. The van der Waals surface area contributed by atoms with Crippen LogP contribution in [0.2, 0.25) is 0 Å². The van der Waals surface area contributed by atoms with Crippen LogP contribution in [0.25, 0.3) is 11.1 Å². The lowest BCUT2D eigenvalue weighted by molar-refractivity contribution is -0.144. The monoisotopic (exact) mass is 543 g/mol. The molecule has 8 nitrogen and oxygen atoms in total. The average Bonchev–Trinajstić information content (AvgIpc) is 2.90. The lowest BCUT2D eigenvalue weighted by Crippen LogP contribution is -2.42. The largest absolute Gasteiger partial charge is 0.467 e. The SMILES string of the molecule is COC(=O)[C@@H](CSC(=O)Oc1ccc(-c2ccc(F)cc2F)cc1C(=O)OCc1ccccc1)NC(C)=O. The lowest BCUT2D eigenvalue weighted by atomic mass is 10.0. The molecule has 38 heavy (non-hydrogen) atoms. The number of halogens is 2. The quantitative estimate of drug-likeness (QED) is 0.380. The molecule has 0 saturated heterocycles. The number of ether oxygens (including phenoxy) is 3. The zero-order valence-electron chi connectivity index (χ0n) is 20.4. The van der Waals surface area contributed by atoms with Gasteiger partial charge in [0.25, 0.3) is 0 Å². The second-order valence-corrected chi connectivity index (χ2v) is 8.79. The van der Waals surface area contributed by atoms with E-state index in [1.54, 1.807) is 30.3 Å². The summed E-state index contributed by atoms with van der Waals surface area (Å²) in [5.41, 5.74) is 0.773. The van der Waals surface area contributed by atoms with Crippen molar-refractivity contribution in [2.75, 3.05) is 12.9 Å². The van der Waals surface area contributed by atoms with E-state index in [-0.39, 0.29) is 34.8 Å². The van der Waals surface area contributed by atoms with Crippen LogP contribution >= 0.6 is 11.8 Å². The second-order valence-electron chi connectivity index (χ2n) is 7.84. The van der Waals surface area contributed by atoms with Gasteiger partial charge >= 0.3 is 17.2 Å². The number of methoxy groups -OCH3 is 1. The molecule has 0 radical (unpaired) electrons. The molecule has 0 bridgehead atoms. The zero-order chi connectivity index (χ0) is 27.7. The zero-order valence-corrected chi connectivity index (χ0v) is 21.2. The second kappa shape index (κ2) is 13.3. The van der Waals surface area contributed by atoms with Crippen molar-refractivity contribution in [3.8, 4) is 16.9 Å². The van der Waals surface area contributed by atoms with Crippen LogP contribution in [-0.4, -0.2) is 42.1 Å². The van der Waals surface area contributed by atoms with Crippen LogP contribution in [0.5, 0.6) is 5.75 Å². The van der Waals surface area contributed by atoms with Crippen LogP contribution in [0.15, 0.2) is 66.7 Å². The van der Waals surface area contributed by atoms with Crippen LogP contribution in [-0.2, 0) is 25.7 Å². The maximum Gasteiger partial charge on any atom is 0.372 e. The summed E-state index contributed by atoms with van der Waals surface area (Å²) in [4.78, 5) is 48.7. The molecule has 0 spiro atoms. The number of hydrogen-bond donors (Lipinski definition) is 1. The fraction of sp³-hybridized carbons (Fsp3) is 0.185. The van der Waals surface area contributed by atoms with E-state index in [2.05, 4.69) is 10.1 Å². The van der Waals surface area contributed by atoms with Gasteiger partial charge in [-0.1, -0.05) is 36.4 Å². The van der Waals surface area contributed by atoms with Crippen molar-refractivity contribution in [3.05, 3.63) is 89.5 Å². The number of carbonyl (C=O) groups excluding carboxylic acids is 4. The third kappa shape index (κ3) is 7.87. The summed E-state index contributed by atoms with van der Waals surface area (Å²) >= 11 is 0.570. The molecule has 3 rings (SSSR count). The Morgan fingerprint density at radius 2 is 1.71 bits per heavy atom. The molecule has 1 atom stereocenters. The van der Waals surface area contributed by atoms with Crippen LogP contribution in [0.1, 0.15) is 22.8 Å². The van der Waals surface area contributed by atoms with E-state index in [1.807, 2.05) is 0 Å². The van der Waals surface area contributed by atoms with Crippen molar-refractivity contribution in [2.24, 2.45) is 0 Å². The first-order chi connectivity index (χ1) is 18.2. The van der Waals surface area contributed by atoms with Crippen molar-refractivity contribution in [1.29, 1.82) is 0 Å². The normalized spacial score (nSPS) is 11.3. The standard InChI is InChI=1S/C27H23F2NO7S/c1-16(31)30-23(26(33)35-2)15-38-27(34)37-24-11-8-18(20-10-9-19(28)13-22(20)29)12-21(24)25(32)36-14-17-6-4-3-5-7-17/h3-13,23H,14-15H2,1-2H3,(H,30,31)/t23-/m1/s1. The topological polar surface area (TPSA) is 108 Å². The summed E-state index contributed by atoms with van der Waals surface area (Å²) in [7, 11) is 1.14. The fourth-order valence-electron chi connectivity index (χ4n) is 3.30. The first kappa shape index (κ1) is 28.3. The van der Waals surface area contributed by atoms with Crippen molar-refractivity contribution in [3.63, 3.8) is 0 Å². The number of amides is 1. The highest BCUT2D eigenvalue weighted by Crippen LogP contribution is 2.30. The molecule has 11 heteroatoms. The minimum atomic E-state index is -1.10. The van der Waals surface area contributed by atoms with E-state index >= 15 is 0 Å². The van der Waals surface area contributed by atoms with Gasteiger partial charge in [-0.15, -0.1) is 0 Å². The number of benzene rings is 3. The molecule has 0 aliphatic carbocycles. The molecule has 0 heterocycles. The van der Waals surface area contributed by atoms with Gasteiger partial charge in [-0.25, -0.2) is 23.2 Å². The Morgan fingerprint density at radius 1 is 0.974 bits per heavy atom. The Labute approximate surface area is 221 Å². The number of rotatable bonds is 9. The van der Waals surface area contributed by atoms with Gasteiger partial charge in [-0.05, 0) is 47.2 Å². The molecular weight excluding hydrogens is 520 g/mol. The molecule has 0 aromatic heterocycles. The predicted molar refractivity (Wildman–Crippen MR) is 135 cm³/mol. The van der Waals surface area contributed by atoms with Gasteiger partial charge in [0, 0.05) is 24.3 Å².